The molecule has 0 radical (unpaired) electrons. The quantitative estimate of drug-likeness (QED) is 0.879. The van der Waals surface area contributed by atoms with Gasteiger partial charge >= 0.3 is 0 Å². The fourth-order valence-electron chi connectivity index (χ4n) is 2.89. The number of hydrogen-bond acceptors (Lipinski definition) is 4. The molecule has 0 amide bonds. The van der Waals surface area contributed by atoms with E-state index in [2.05, 4.69) is 40.0 Å². The Kier molecular flexibility index (Phi) is 5.90. The maximum absolute atomic E-state index is 5.64. The summed E-state index contributed by atoms with van der Waals surface area (Å²) in [5.74, 6) is 2.03. The highest BCUT2D eigenvalue weighted by atomic mass is 79.9. The Balaban J connectivity index is 2.42. The van der Waals surface area contributed by atoms with Crippen LogP contribution in [0.1, 0.15) is 30.9 Å². The minimum absolute atomic E-state index is 0.379. The smallest absolute Gasteiger partial charge is 0.164 e. The molecule has 0 saturated carbocycles. The number of benzene rings is 1. The highest BCUT2D eigenvalue weighted by Gasteiger charge is 2.23. The Hall–Kier alpha value is -0.780. The maximum atomic E-state index is 5.64. The van der Waals surface area contributed by atoms with Gasteiger partial charge in [-0.1, -0.05) is 29.8 Å². The summed E-state index contributed by atoms with van der Waals surface area (Å²) in [5.41, 5.74) is 2.55. The molecule has 0 spiro atoms. The van der Waals surface area contributed by atoms with Crippen molar-refractivity contribution in [3.05, 3.63) is 21.7 Å². The molecular weight excluding hydrogens is 332 g/mol. The van der Waals surface area contributed by atoms with Gasteiger partial charge in [0.25, 0.3) is 0 Å². The van der Waals surface area contributed by atoms with Crippen molar-refractivity contribution in [2.45, 2.75) is 26.3 Å². The Bertz CT molecular complexity index is 486. The van der Waals surface area contributed by atoms with Gasteiger partial charge in [0.15, 0.2) is 11.5 Å². The van der Waals surface area contributed by atoms with E-state index in [1.165, 1.54) is 11.1 Å². The van der Waals surface area contributed by atoms with Crippen molar-refractivity contribution in [2.24, 2.45) is 0 Å². The van der Waals surface area contributed by atoms with E-state index in [4.69, 9.17) is 9.47 Å². The maximum Gasteiger partial charge on any atom is 0.164 e. The van der Waals surface area contributed by atoms with Crippen LogP contribution in [0.4, 0.5) is 0 Å². The number of nitrogens with one attached hydrogen (secondary N) is 1. The van der Waals surface area contributed by atoms with Crippen LogP contribution in [0.5, 0.6) is 11.5 Å². The minimum atomic E-state index is 0.379. The molecule has 2 rings (SSSR count). The number of hydrogen-bond donors (Lipinski definition) is 1. The summed E-state index contributed by atoms with van der Waals surface area (Å²) in [7, 11) is 3.40. The molecule has 1 fully saturated rings. The first kappa shape index (κ1) is 16.6. The van der Waals surface area contributed by atoms with Crippen molar-refractivity contribution < 1.29 is 9.47 Å². The Morgan fingerprint density at radius 3 is 2.43 bits per heavy atom. The summed E-state index contributed by atoms with van der Waals surface area (Å²) in [5, 5.41) is 3.40. The summed E-state index contributed by atoms with van der Waals surface area (Å²) >= 11 is 3.72. The third-order valence-electron chi connectivity index (χ3n) is 3.93. The average Bonchev–Trinajstić information content (AvgIpc) is 2.49. The van der Waals surface area contributed by atoms with E-state index in [1.807, 2.05) is 6.07 Å². The van der Waals surface area contributed by atoms with Gasteiger partial charge in [-0.3, -0.25) is 4.90 Å². The molecule has 1 saturated heterocycles. The van der Waals surface area contributed by atoms with Crippen molar-refractivity contribution in [3.8, 4) is 11.5 Å². The predicted molar refractivity (Wildman–Crippen MR) is 89.5 cm³/mol. The first-order valence-electron chi connectivity index (χ1n) is 7.44. The summed E-state index contributed by atoms with van der Waals surface area (Å²) in [6, 6.07) is 2.02. The zero-order valence-electron chi connectivity index (χ0n) is 13.3. The molecule has 0 atom stereocenters. The summed E-state index contributed by atoms with van der Waals surface area (Å²) in [6.07, 6.45) is 0. The number of piperazine rings is 1. The van der Waals surface area contributed by atoms with Gasteiger partial charge in [-0.15, -0.1) is 0 Å². The molecule has 0 aromatic heterocycles. The molecule has 118 valence electrons. The number of methoxy groups -OCH3 is 2. The second-order valence-corrected chi connectivity index (χ2v) is 6.52. The Labute approximate surface area is 135 Å². The molecule has 1 aliphatic rings. The predicted octanol–water partition coefficient (Wildman–Crippen LogP) is 2.99. The SMILES string of the molecule is COc1cc(Br)c(CN2CCNCC2)c(C(C)C)c1OC. The van der Waals surface area contributed by atoms with Crippen LogP contribution in [0.2, 0.25) is 0 Å². The lowest BCUT2D eigenvalue weighted by molar-refractivity contribution is 0.231. The zero-order valence-corrected chi connectivity index (χ0v) is 14.9. The van der Waals surface area contributed by atoms with Crippen molar-refractivity contribution in [2.75, 3.05) is 40.4 Å². The summed E-state index contributed by atoms with van der Waals surface area (Å²) < 4.78 is 12.2. The third-order valence-corrected chi connectivity index (χ3v) is 4.64. The molecule has 1 N–H and O–H groups in total. The topological polar surface area (TPSA) is 33.7 Å². The van der Waals surface area contributed by atoms with Gasteiger partial charge in [-0.2, -0.15) is 0 Å². The van der Waals surface area contributed by atoms with E-state index in [9.17, 15) is 0 Å². The number of ether oxygens (including phenoxy) is 2. The van der Waals surface area contributed by atoms with Gasteiger partial charge < -0.3 is 14.8 Å². The van der Waals surface area contributed by atoms with Crippen LogP contribution >= 0.6 is 15.9 Å². The van der Waals surface area contributed by atoms with Crippen LogP contribution in [0, 0.1) is 0 Å². The lowest BCUT2D eigenvalue weighted by atomic mass is 9.95. The fraction of sp³-hybridized carbons (Fsp3) is 0.625. The van der Waals surface area contributed by atoms with E-state index in [0.29, 0.717) is 5.92 Å². The van der Waals surface area contributed by atoms with Crippen LogP contribution in [0.3, 0.4) is 0 Å². The first-order valence-corrected chi connectivity index (χ1v) is 8.24. The largest absolute Gasteiger partial charge is 0.493 e. The van der Waals surface area contributed by atoms with Gasteiger partial charge in [0.1, 0.15) is 0 Å². The first-order chi connectivity index (χ1) is 10.1. The molecule has 0 unspecified atom stereocenters. The summed E-state index contributed by atoms with van der Waals surface area (Å²) in [6.45, 7) is 9.62. The monoisotopic (exact) mass is 356 g/mol. The van der Waals surface area contributed by atoms with E-state index in [0.717, 1.165) is 48.7 Å². The molecule has 0 aliphatic carbocycles. The molecule has 21 heavy (non-hydrogen) atoms. The molecule has 0 bridgehead atoms. The number of halogens is 1. The van der Waals surface area contributed by atoms with E-state index >= 15 is 0 Å². The second kappa shape index (κ2) is 7.47. The highest BCUT2D eigenvalue weighted by Crippen LogP contribution is 2.42. The standard InChI is InChI=1S/C16H25BrN2O2/c1-11(2)15-12(10-19-7-5-18-6-8-19)13(17)9-14(20-3)16(15)21-4/h9,11,18H,5-8,10H2,1-4H3. The molecule has 5 heteroatoms. The summed E-state index contributed by atoms with van der Waals surface area (Å²) in [4.78, 5) is 2.48. The lowest BCUT2D eigenvalue weighted by Crippen LogP contribution is -2.43. The molecular formula is C16H25BrN2O2. The van der Waals surface area contributed by atoms with Gasteiger partial charge in [0, 0.05) is 42.8 Å². The molecule has 1 aromatic carbocycles. The zero-order chi connectivity index (χ0) is 15.4. The Morgan fingerprint density at radius 1 is 1.24 bits per heavy atom. The average molecular weight is 357 g/mol. The Morgan fingerprint density at radius 2 is 1.90 bits per heavy atom. The van der Waals surface area contributed by atoms with Crippen molar-refractivity contribution in [3.63, 3.8) is 0 Å². The minimum Gasteiger partial charge on any atom is -0.493 e. The lowest BCUT2D eigenvalue weighted by Gasteiger charge is -2.30. The van der Waals surface area contributed by atoms with Crippen LogP contribution in [0.25, 0.3) is 0 Å². The number of nitrogens with zero attached hydrogens (tertiary/aromatic N) is 1. The highest BCUT2D eigenvalue weighted by molar-refractivity contribution is 9.10. The van der Waals surface area contributed by atoms with Crippen molar-refractivity contribution in [1.82, 2.24) is 10.2 Å². The molecule has 1 aromatic rings. The third kappa shape index (κ3) is 3.71. The van der Waals surface area contributed by atoms with Crippen LogP contribution < -0.4 is 14.8 Å². The van der Waals surface area contributed by atoms with E-state index in [1.54, 1.807) is 14.2 Å². The van der Waals surface area contributed by atoms with Crippen LogP contribution in [0.15, 0.2) is 10.5 Å². The molecule has 4 nitrogen and oxygen atoms in total. The second-order valence-electron chi connectivity index (χ2n) is 5.67. The van der Waals surface area contributed by atoms with E-state index in [-0.39, 0.29) is 0 Å². The van der Waals surface area contributed by atoms with Gasteiger partial charge in [-0.05, 0) is 17.5 Å². The van der Waals surface area contributed by atoms with Crippen LogP contribution in [-0.2, 0) is 6.54 Å². The van der Waals surface area contributed by atoms with Gasteiger partial charge in [-0.25, -0.2) is 0 Å². The normalized spacial score (nSPS) is 16.3. The fourth-order valence-corrected chi connectivity index (χ4v) is 3.44. The van der Waals surface area contributed by atoms with Crippen molar-refractivity contribution >= 4 is 15.9 Å². The van der Waals surface area contributed by atoms with E-state index < -0.39 is 0 Å². The molecule has 1 aliphatic heterocycles. The molecule has 1 heterocycles. The number of rotatable bonds is 5. The van der Waals surface area contributed by atoms with Crippen LogP contribution in [-0.4, -0.2) is 45.3 Å². The van der Waals surface area contributed by atoms with Crippen molar-refractivity contribution in [1.29, 1.82) is 0 Å². The van der Waals surface area contributed by atoms with Gasteiger partial charge in [0.2, 0.25) is 0 Å². The van der Waals surface area contributed by atoms with Gasteiger partial charge in [0.05, 0.1) is 14.2 Å².